The van der Waals surface area contributed by atoms with Gasteiger partial charge in [0.1, 0.15) is 17.2 Å². The predicted molar refractivity (Wildman–Crippen MR) is 124 cm³/mol. The van der Waals surface area contributed by atoms with Crippen LogP contribution in [0.4, 0.5) is 0 Å². The standard InChI is InChI=1S/C26H30O3S/c1-6-17-15-22(30-21-13-9-19(27)10-14-21)16-23(25(17)28)24(26(2,3)4)18-7-11-20(29-5)12-8-18/h7-16,24,27-28H,6H2,1-5H3. The number of hydrogen-bond acceptors (Lipinski definition) is 4. The topological polar surface area (TPSA) is 49.7 Å². The summed E-state index contributed by atoms with van der Waals surface area (Å²) in [4.78, 5) is 2.12. The minimum Gasteiger partial charge on any atom is -0.508 e. The number of ether oxygens (including phenoxy) is 1. The van der Waals surface area contributed by atoms with Gasteiger partial charge in [-0.2, -0.15) is 0 Å². The Morgan fingerprint density at radius 1 is 0.900 bits per heavy atom. The highest BCUT2D eigenvalue weighted by atomic mass is 32.2. The molecule has 0 saturated heterocycles. The van der Waals surface area contributed by atoms with Crippen LogP contribution in [0.5, 0.6) is 17.2 Å². The van der Waals surface area contributed by atoms with Crippen LogP contribution >= 0.6 is 11.8 Å². The van der Waals surface area contributed by atoms with E-state index in [1.54, 1.807) is 31.0 Å². The highest BCUT2D eigenvalue weighted by molar-refractivity contribution is 7.99. The maximum Gasteiger partial charge on any atom is 0.122 e. The second-order valence-electron chi connectivity index (χ2n) is 8.54. The number of aromatic hydroxyl groups is 2. The molecular weight excluding hydrogens is 392 g/mol. The molecule has 0 radical (unpaired) electrons. The van der Waals surface area contributed by atoms with Gasteiger partial charge >= 0.3 is 0 Å². The number of hydrogen-bond donors (Lipinski definition) is 2. The van der Waals surface area contributed by atoms with Gasteiger partial charge in [0.2, 0.25) is 0 Å². The van der Waals surface area contributed by atoms with Crippen molar-refractivity contribution in [2.45, 2.75) is 49.8 Å². The van der Waals surface area contributed by atoms with Crippen molar-refractivity contribution in [3.63, 3.8) is 0 Å². The van der Waals surface area contributed by atoms with Gasteiger partial charge in [0.15, 0.2) is 0 Å². The van der Waals surface area contributed by atoms with Gasteiger partial charge in [-0.3, -0.25) is 0 Å². The van der Waals surface area contributed by atoms with E-state index in [0.717, 1.165) is 38.7 Å². The van der Waals surface area contributed by atoms with Crippen LogP contribution in [-0.4, -0.2) is 17.3 Å². The molecule has 0 spiro atoms. The summed E-state index contributed by atoms with van der Waals surface area (Å²) in [5, 5.41) is 20.7. The van der Waals surface area contributed by atoms with E-state index in [1.807, 2.05) is 24.3 Å². The summed E-state index contributed by atoms with van der Waals surface area (Å²) < 4.78 is 5.32. The summed E-state index contributed by atoms with van der Waals surface area (Å²) in [6.07, 6.45) is 0.752. The van der Waals surface area contributed by atoms with E-state index in [2.05, 4.69) is 52.0 Å². The van der Waals surface area contributed by atoms with Gasteiger partial charge in [-0.15, -0.1) is 0 Å². The fraction of sp³-hybridized carbons (Fsp3) is 0.308. The zero-order chi connectivity index (χ0) is 21.9. The lowest BCUT2D eigenvalue weighted by Gasteiger charge is -2.33. The normalized spacial score (nSPS) is 12.6. The van der Waals surface area contributed by atoms with Crippen LogP contribution < -0.4 is 4.74 Å². The maximum absolute atomic E-state index is 11.1. The summed E-state index contributed by atoms with van der Waals surface area (Å²) in [7, 11) is 1.67. The molecule has 0 heterocycles. The molecular formula is C26H30O3S. The first-order valence-electron chi connectivity index (χ1n) is 10.2. The number of rotatable bonds is 6. The molecule has 30 heavy (non-hydrogen) atoms. The van der Waals surface area contributed by atoms with E-state index < -0.39 is 0 Å². The quantitative estimate of drug-likeness (QED) is 0.449. The Morgan fingerprint density at radius 3 is 2.07 bits per heavy atom. The number of phenolic OH excluding ortho intramolecular Hbond substituents is 2. The van der Waals surface area contributed by atoms with Crippen LogP contribution in [0, 0.1) is 5.41 Å². The van der Waals surface area contributed by atoms with Crippen molar-refractivity contribution in [1.82, 2.24) is 0 Å². The minimum atomic E-state index is -0.0983. The van der Waals surface area contributed by atoms with Crippen LogP contribution in [0.25, 0.3) is 0 Å². The Bertz CT molecular complexity index is 987. The molecule has 1 unspecified atom stereocenters. The molecule has 1 atom stereocenters. The van der Waals surface area contributed by atoms with Crippen molar-refractivity contribution in [2.75, 3.05) is 7.11 Å². The highest BCUT2D eigenvalue weighted by Crippen LogP contribution is 2.47. The third-order valence-corrected chi connectivity index (χ3v) is 6.25. The van der Waals surface area contributed by atoms with Crippen LogP contribution in [0.15, 0.2) is 70.5 Å². The Balaban J connectivity index is 2.10. The third kappa shape index (κ3) is 4.93. The molecule has 0 amide bonds. The Kier molecular flexibility index (Phi) is 6.67. The maximum atomic E-state index is 11.1. The van der Waals surface area contributed by atoms with E-state index in [1.165, 1.54) is 0 Å². The average molecular weight is 423 g/mol. The first-order valence-corrected chi connectivity index (χ1v) is 11.0. The molecule has 0 fully saturated rings. The Labute approximate surface area is 183 Å². The van der Waals surface area contributed by atoms with E-state index in [9.17, 15) is 10.2 Å². The number of aryl methyl sites for hydroxylation is 1. The fourth-order valence-electron chi connectivity index (χ4n) is 3.83. The molecule has 3 rings (SSSR count). The smallest absolute Gasteiger partial charge is 0.122 e. The summed E-state index contributed by atoms with van der Waals surface area (Å²) >= 11 is 1.64. The summed E-state index contributed by atoms with van der Waals surface area (Å²) in [6, 6.07) is 19.5. The number of benzene rings is 3. The van der Waals surface area contributed by atoms with Gasteiger partial charge in [-0.05, 0) is 71.5 Å². The van der Waals surface area contributed by atoms with E-state index in [4.69, 9.17) is 4.74 Å². The van der Waals surface area contributed by atoms with Crippen LogP contribution in [0.3, 0.4) is 0 Å². The lowest BCUT2D eigenvalue weighted by atomic mass is 9.72. The number of phenols is 2. The van der Waals surface area contributed by atoms with Crippen LogP contribution in [0.1, 0.15) is 50.3 Å². The Hall–Kier alpha value is -2.59. The predicted octanol–water partition coefficient (Wildman–Crippen LogP) is 7.00. The Morgan fingerprint density at radius 2 is 1.53 bits per heavy atom. The molecule has 3 nitrogen and oxygen atoms in total. The second-order valence-corrected chi connectivity index (χ2v) is 9.69. The molecule has 0 aliphatic heterocycles. The number of methoxy groups -OCH3 is 1. The van der Waals surface area contributed by atoms with Gasteiger partial charge in [0.05, 0.1) is 7.11 Å². The monoisotopic (exact) mass is 422 g/mol. The van der Waals surface area contributed by atoms with E-state index in [0.29, 0.717) is 5.75 Å². The van der Waals surface area contributed by atoms with Gasteiger partial charge in [-0.25, -0.2) is 0 Å². The molecule has 3 aromatic carbocycles. The molecule has 0 aromatic heterocycles. The first kappa shape index (κ1) is 22.1. The molecule has 0 aliphatic rings. The van der Waals surface area contributed by atoms with Gasteiger partial charge < -0.3 is 14.9 Å². The largest absolute Gasteiger partial charge is 0.508 e. The molecule has 0 aliphatic carbocycles. The zero-order valence-electron chi connectivity index (χ0n) is 18.3. The van der Waals surface area contributed by atoms with E-state index in [-0.39, 0.29) is 17.1 Å². The van der Waals surface area contributed by atoms with Gasteiger partial charge in [-0.1, -0.05) is 51.6 Å². The molecule has 3 aromatic rings. The van der Waals surface area contributed by atoms with Crippen molar-refractivity contribution in [1.29, 1.82) is 0 Å². The first-order chi connectivity index (χ1) is 14.2. The lowest BCUT2D eigenvalue weighted by Crippen LogP contribution is -2.20. The third-order valence-electron chi connectivity index (χ3n) is 5.27. The van der Waals surface area contributed by atoms with Crippen molar-refractivity contribution in [3.05, 3.63) is 77.4 Å². The fourth-order valence-corrected chi connectivity index (χ4v) is 4.76. The average Bonchev–Trinajstić information content (AvgIpc) is 2.71. The van der Waals surface area contributed by atoms with Crippen molar-refractivity contribution in [2.24, 2.45) is 5.41 Å². The second kappa shape index (κ2) is 9.05. The van der Waals surface area contributed by atoms with Gasteiger partial charge in [0, 0.05) is 21.3 Å². The van der Waals surface area contributed by atoms with Crippen molar-refractivity contribution < 1.29 is 14.9 Å². The molecule has 2 N–H and O–H groups in total. The van der Waals surface area contributed by atoms with E-state index >= 15 is 0 Å². The summed E-state index contributed by atoms with van der Waals surface area (Å²) in [5.41, 5.74) is 2.93. The highest BCUT2D eigenvalue weighted by Gasteiger charge is 2.31. The van der Waals surface area contributed by atoms with Crippen LogP contribution in [0.2, 0.25) is 0 Å². The zero-order valence-corrected chi connectivity index (χ0v) is 19.1. The van der Waals surface area contributed by atoms with Crippen LogP contribution in [-0.2, 0) is 6.42 Å². The lowest BCUT2D eigenvalue weighted by molar-refractivity contribution is 0.345. The minimum absolute atomic E-state index is 0.0223. The summed E-state index contributed by atoms with van der Waals surface area (Å²) in [6.45, 7) is 8.67. The van der Waals surface area contributed by atoms with Crippen molar-refractivity contribution in [3.8, 4) is 17.2 Å². The van der Waals surface area contributed by atoms with Crippen molar-refractivity contribution >= 4 is 11.8 Å². The molecule has 158 valence electrons. The molecule has 4 heteroatoms. The summed E-state index contributed by atoms with van der Waals surface area (Å²) in [5.74, 6) is 1.48. The molecule has 0 bridgehead atoms. The molecule has 0 saturated carbocycles. The van der Waals surface area contributed by atoms with Gasteiger partial charge in [0.25, 0.3) is 0 Å². The SMILES string of the molecule is CCc1cc(Sc2ccc(O)cc2)cc(C(c2ccc(OC)cc2)C(C)(C)C)c1O.